The van der Waals surface area contributed by atoms with Crippen LogP contribution in [0.15, 0.2) is 83.9 Å². The zero-order valence-corrected chi connectivity index (χ0v) is 20.1. The van der Waals surface area contributed by atoms with Crippen LogP contribution in [0.4, 0.5) is 0 Å². The van der Waals surface area contributed by atoms with Gasteiger partial charge in [-0.2, -0.15) is 0 Å². The van der Waals surface area contributed by atoms with Crippen molar-refractivity contribution < 1.29 is 9.84 Å². The number of methoxy groups -OCH3 is 1. The molecule has 1 fully saturated rings. The first-order chi connectivity index (χ1) is 16.6. The number of hydrogen-bond acceptors (Lipinski definition) is 2. The molecule has 0 aliphatic heterocycles. The number of aryl methyl sites for hydroxylation is 1. The molecule has 1 saturated carbocycles. The van der Waals surface area contributed by atoms with Gasteiger partial charge in [-0.05, 0) is 86.0 Å². The summed E-state index contributed by atoms with van der Waals surface area (Å²) < 4.78 is 5.95. The Kier molecular flexibility index (Phi) is 5.28. The van der Waals surface area contributed by atoms with Crippen molar-refractivity contribution in [2.45, 2.75) is 63.2 Å². The molecule has 3 aromatic carbocycles. The maximum absolute atomic E-state index is 10.4. The minimum absolute atomic E-state index is 0.0478. The van der Waals surface area contributed by atoms with Gasteiger partial charge in [-0.3, -0.25) is 0 Å². The van der Waals surface area contributed by atoms with Crippen LogP contribution in [0.2, 0.25) is 0 Å². The largest absolute Gasteiger partial charge is 0.508 e. The fourth-order valence-corrected chi connectivity index (χ4v) is 7.64. The summed E-state index contributed by atoms with van der Waals surface area (Å²) in [6.07, 6.45) is 10.4. The number of ether oxygens (including phenoxy) is 1. The fraction of sp³-hybridized carbons (Fsp3) is 0.375. The maximum Gasteiger partial charge on any atom is 0.126 e. The number of fused-ring (bicyclic) bond motifs is 4. The third-order valence-electron chi connectivity index (χ3n) is 8.94. The molecule has 0 bridgehead atoms. The lowest BCUT2D eigenvalue weighted by molar-refractivity contribution is 0.237. The van der Waals surface area contributed by atoms with Gasteiger partial charge in [0.2, 0.25) is 0 Å². The molecule has 3 aliphatic carbocycles. The van der Waals surface area contributed by atoms with E-state index < -0.39 is 0 Å². The predicted molar refractivity (Wildman–Crippen MR) is 137 cm³/mol. The standard InChI is InChI=1S/C32H34O2/c1-34-29-20-26(33)19-25-14-15-28-27-13-8-16-31(27,21-23-9-4-2-5-10-23)17-18-32(28,30(25)29)22-24-11-6-3-7-12-24/h2-7,9-12,19-20,33H,8,13-18,21-22H2,1H3. The van der Waals surface area contributed by atoms with Crippen molar-refractivity contribution in [2.75, 3.05) is 7.11 Å². The number of phenols is 1. The van der Waals surface area contributed by atoms with Crippen LogP contribution >= 0.6 is 0 Å². The van der Waals surface area contributed by atoms with Crippen LogP contribution in [0.1, 0.15) is 60.8 Å². The van der Waals surface area contributed by atoms with E-state index in [2.05, 4.69) is 60.7 Å². The summed E-state index contributed by atoms with van der Waals surface area (Å²) >= 11 is 0. The van der Waals surface area contributed by atoms with Crippen molar-refractivity contribution in [2.24, 2.45) is 5.41 Å². The van der Waals surface area contributed by atoms with Gasteiger partial charge in [0.25, 0.3) is 0 Å². The molecule has 174 valence electrons. The fourth-order valence-electron chi connectivity index (χ4n) is 7.64. The summed E-state index contributed by atoms with van der Waals surface area (Å²) in [5.41, 5.74) is 9.16. The van der Waals surface area contributed by atoms with E-state index in [9.17, 15) is 5.11 Å². The van der Waals surface area contributed by atoms with Gasteiger partial charge in [-0.15, -0.1) is 0 Å². The van der Waals surface area contributed by atoms with Crippen molar-refractivity contribution in [3.05, 3.63) is 106 Å². The topological polar surface area (TPSA) is 29.5 Å². The smallest absolute Gasteiger partial charge is 0.126 e. The van der Waals surface area contributed by atoms with Crippen molar-refractivity contribution >= 4 is 0 Å². The molecule has 3 aliphatic rings. The second kappa shape index (κ2) is 8.34. The molecular weight excluding hydrogens is 416 g/mol. The molecule has 1 N–H and O–H groups in total. The molecule has 0 amide bonds. The van der Waals surface area contributed by atoms with Crippen molar-refractivity contribution in [3.63, 3.8) is 0 Å². The summed E-state index contributed by atoms with van der Waals surface area (Å²) in [4.78, 5) is 0. The third kappa shape index (κ3) is 3.38. The van der Waals surface area contributed by atoms with E-state index in [-0.39, 0.29) is 5.41 Å². The number of hydrogen-bond donors (Lipinski definition) is 1. The van der Waals surface area contributed by atoms with Crippen LogP contribution < -0.4 is 4.74 Å². The first-order valence-corrected chi connectivity index (χ1v) is 12.8. The quantitative estimate of drug-likeness (QED) is 0.412. The number of rotatable bonds is 5. The van der Waals surface area contributed by atoms with E-state index in [4.69, 9.17) is 4.74 Å². The van der Waals surface area contributed by atoms with Crippen LogP contribution in [0.5, 0.6) is 11.5 Å². The minimum atomic E-state index is -0.0478. The summed E-state index contributed by atoms with van der Waals surface area (Å²) in [5.74, 6) is 1.17. The summed E-state index contributed by atoms with van der Waals surface area (Å²) in [5, 5.41) is 10.4. The molecule has 6 rings (SSSR count). The van der Waals surface area contributed by atoms with Gasteiger partial charge in [0, 0.05) is 17.0 Å². The van der Waals surface area contributed by atoms with Gasteiger partial charge in [-0.1, -0.05) is 71.8 Å². The van der Waals surface area contributed by atoms with E-state index in [0.717, 1.165) is 37.9 Å². The zero-order chi connectivity index (χ0) is 23.2. The Morgan fingerprint density at radius 2 is 1.47 bits per heavy atom. The first-order valence-electron chi connectivity index (χ1n) is 12.8. The Balaban J connectivity index is 1.55. The normalized spacial score (nSPS) is 25.4. The molecule has 2 unspecified atom stereocenters. The van der Waals surface area contributed by atoms with E-state index in [1.807, 2.05) is 12.1 Å². The van der Waals surface area contributed by atoms with Gasteiger partial charge in [-0.25, -0.2) is 0 Å². The molecule has 0 spiro atoms. The SMILES string of the molecule is COc1cc(O)cc2c1C1(Cc3ccccc3)CCC3(Cc4ccccc4)CCCC3=C1CC2. The molecular formula is C32H34O2. The first kappa shape index (κ1) is 21.5. The predicted octanol–water partition coefficient (Wildman–Crippen LogP) is 7.33. The van der Waals surface area contributed by atoms with Crippen molar-refractivity contribution in [1.82, 2.24) is 0 Å². The van der Waals surface area contributed by atoms with Crippen LogP contribution in [-0.2, 0) is 24.7 Å². The molecule has 2 nitrogen and oxygen atoms in total. The highest BCUT2D eigenvalue weighted by atomic mass is 16.5. The molecule has 0 heterocycles. The van der Waals surface area contributed by atoms with E-state index in [1.54, 1.807) is 18.3 Å². The number of benzene rings is 3. The second-order valence-corrected chi connectivity index (χ2v) is 10.7. The Morgan fingerprint density at radius 1 is 0.765 bits per heavy atom. The van der Waals surface area contributed by atoms with Crippen LogP contribution in [0, 0.1) is 5.41 Å². The highest BCUT2D eigenvalue weighted by Crippen LogP contribution is 2.63. The monoisotopic (exact) mass is 450 g/mol. The Labute approximate surface area is 203 Å². The summed E-state index contributed by atoms with van der Waals surface area (Å²) in [7, 11) is 1.75. The van der Waals surface area contributed by atoms with Crippen LogP contribution in [-0.4, -0.2) is 12.2 Å². The molecule has 34 heavy (non-hydrogen) atoms. The Bertz CT molecular complexity index is 1210. The van der Waals surface area contributed by atoms with Crippen molar-refractivity contribution in [3.8, 4) is 11.5 Å². The lowest BCUT2D eigenvalue weighted by Gasteiger charge is -2.51. The summed E-state index contributed by atoms with van der Waals surface area (Å²) in [6.45, 7) is 0. The van der Waals surface area contributed by atoms with Gasteiger partial charge >= 0.3 is 0 Å². The van der Waals surface area contributed by atoms with Crippen molar-refractivity contribution in [1.29, 1.82) is 0 Å². The molecule has 2 heteroatoms. The molecule has 0 aromatic heterocycles. The molecule has 0 radical (unpaired) electrons. The van der Waals surface area contributed by atoms with Gasteiger partial charge in [0.05, 0.1) is 7.11 Å². The minimum Gasteiger partial charge on any atom is -0.508 e. The van der Waals surface area contributed by atoms with Gasteiger partial charge in [0.1, 0.15) is 11.5 Å². The number of allylic oxidation sites excluding steroid dienone is 2. The van der Waals surface area contributed by atoms with Crippen LogP contribution in [0.3, 0.4) is 0 Å². The maximum atomic E-state index is 10.4. The highest BCUT2D eigenvalue weighted by Gasteiger charge is 2.53. The average molecular weight is 451 g/mol. The Morgan fingerprint density at radius 3 is 2.18 bits per heavy atom. The summed E-state index contributed by atoms with van der Waals surface area (Å²) in [6, 6.07) is 25.9. The average Bonchev–Trinajstić information content (AvgIpc) is 3.28. The van der Waals surface area contributed by atoms with Gasteiger partial charge in [0.15, 0.2) is 0 Å². The highest BCUT2D eigenvalue weighted by molar-refractivity contribution is 5.60. The number of phenolic OH excluding ortho intramolecular Hbond substituents is 1. The molecule has 2 atom stereocenters. The van der Waals surface area contributed by atoms with Crippen LogP contribution in [0.25, 0.3) is 0 Å². The number of aromatic hydroxyl groups is 1. The second-order valence-electron chi connectivity index (χ2n) is 10.7. The Hall–Kier alpha value is -3.00. The molecule has 0 saturated heterocycles. The lowest BCUT2D eigenvalue weighted by atomic mass is 9.52. The zero-order valence-electron chi connectivity index (χ0n) is 20.1. The van der Waals surface area contributed by atoms with Gasteiger partial charge < -0.3 is 9.84 Å². The third-order valence-corrected chi connectivity index (χ3v) is 8.94. The van der Waals surface area contributed by atoms with E-state index >= 15 is 0 Å². The molecule has 3 aromatic rings. The van der Waals surface area contributed by atoms with E-state index in [0.29, 0.717) is 11.2 Å². The van der Waals surface area contributed by atoms with E-state index in [1.165, 1.54) is 47.9 Å². The lowest BCUT2D eigenvalue weighted by Crippen LogP contribution is -2.44.